The molecule has 1 fully saturated rings. The van der Waals surface area contributed by atoms with Crippen molar-refractivity contribution in [3.8, 4) is 11.4 Å². The average molecular weight is 364 g/mol. The van der Waals surface area contributed by atoms with Gasteiger partial charge in [0.15, 0.2) is 11.9 Å². The molecule has 5 rings (SSSR count). The fourth-order valence-electron chi connectivity index (χ4n) is 3.43. The zero-order valence-electron chi connectivity index (χ0n) is 15.3. The van der Waals surface area contributed by atoms with Gasteiger partial charge in [0.25, 0.3) is 0 Å². The van der Waals surface area contributed by atoms with Crippen LogP contribution in [0.15, 0.2) is 30.6 Å². The number of aliphatic hydroxyl groups is 1. The smallest absolute Gasteiger partial charge is 0.186 e. The molecule has 0 spiro atoms. The minimum atomic E-state index is -0.708. The molecular weight excluding hydrogens is 344 g/mol. The molecule has 27 heavy (non-hydrogen) atoms. The van der Waals surface area contributed by atoms with Crippen molar-refractivity contribution >= 4 is 27.8 Å². The minimum Gasteiger partial charge on any atom is -0.383 e. The van der Waals surface area contributed by atoms with Crippen LogP contribution in [0.4, 0.5) is 5.82 Å². The summed E-state index contributed by atoms with van der Waals surface area (Å²) in [6.07, 6.45) is 0.510. The third-order valence-corrected chi connectivity index (χ3v) is 4.83. The van der Waals surface area contributed by atoms with Crippen molar-refractivity contribution in [1.29, 1.82) is 0 Å². The average Bonchev–Trinajstić information content (AvgIpc) is 3.05. The first-order valence-electron chi connectivity index (χ1n) is 8.79. The maximum Gasteiger partial charge on any atom is 0.186 e. The number of nitrogens with zero attached hydrogens (tertiary/aromatic N) is 4. The summed E-state index contributed by atoms with van der Waals surface area (Å²) in [5.74, 6) is 0.402. The van der Waals surface area contributed by atoms with Gasteiger partial charge in [-0.15, -0.1) is 0 Å². The monoisotopic (exact) mass is 364 g/mol. The van der Waals surface area contributed by atoms with Gasteiger partial charge in [-0.1, -0.05) is 12.1 Å². The van der Waals surface area contributed by atoms with Crippen LogP contribution < -0.4 is 5.73 Å². The number of rotatable bonds is 2. The minimum absolute atomic E-state index is 0.244. The Hall–Kier alpha value is -2.97. The van der Waals surface area contributed by atoms with Crippen LogP contribution in [-0.2, 0) is 10.3 Å². The Morgan fingerprint density at radius 1 is 1.22 bits per heavy atom. The molecule has 1 aliphatic rings. The number of nitrogens with two attached hydrogens (primary N) is 1. The predicted octanol–water partition coefficient (Wildman–Crippen LogP) is 2.70. The van der Waals surface area contributed by atoms with Gasteiger partial charge in [0.05, 0.1) is 16.6 Å². The van der Waals surface area contributed by atoms with E-state index in [-0.39, 0.29) is 11.6 Å². The molecule has 1 unspecified atom stereocenters. The molecule has 2 atom stereocenters. The number of hydrogen-bond acceptors (Lipinski definition) is 6. The topological polar surface area (TPSA) is 118 Å². The highest BCUT2D eigenvalue weighted by Gasteiger charge is 2.38. The summed E-state index contributed by atoms with van der Waals surface area (Å²) in [5.41, 5.74) is 10.1. The maximum absolute atomic E-state index is 9.49. The fourth-order valence-corrected chi connectivity index (χ4v) is 3.43. The number of epoxide rings is 1. The number of benzene rings is 1. The number of ether oxygens (including phenoxy) is 1. The van der Waals surface area contributed by atoms with Crippen LogP contribution in [0.1, 0.15) is 32.4 Å². The number of H-pyrrole nitrogens is 1. The van der Waals surface area contributed by atoms with Crippen molar-refractivity contribution in [2.45, 2.75) is 38.7 Å². The summed E-state index contributed by atoms with van der Waals surface area (Å²) in [4.78, 5) is 12.0. The van der Waals surface area contributed by atoms with Crippen molar-refractivity contribution < 1.29 is 9.84 Å². The van der Waals surface area contributed by atoms with Crippen molar-refractivity contribution in [1.82, 2.24) is 24.7 Å². The molecule has 0 saturated carbocycles. The number of hydrogen-bond donors (Lipinski definition) is 3. The van der Waals surface area contributed by atoms with E-state index >= 15 is 0 Å². The molecule has 138 valence electrons. The van der Waals surface area contributed by atoms with E-state index in [1.54, 1.807) is 0 Å². The highest BCUT2D eigenvalue weighted by molar-refractivity contribution is 6.00. The standard InChI is InChI=1S/C19H20N6O2/c1-19(2,3)25-17-13(16(20)21-8-22-17)14(24-25)12-6-9-4-5-10(7-11(9)23-12)15-18(26)27-15/h4-8,15,18,23,26H,1-3H3,(H2,20,21,22)/t15?,18-/m1/s1. The first-order valence-corrected chi connectivity index (χ1v) is 8.79. The molecule has 4 heterocycles. The van der Waals surface area contributed by atoms with Crippen molar-refractivity contribution in [2.24, 2.45) is 0 Å². The Bertz CT molecular complexity index is 1190. The van der Waals surface area contributed by atoms with E-state index in [1.807, 2.05) is 28.9 Å². The SMILES string of the molecule is CC(C)(C)n1nc(-c2cc3ccc(C4O[C@H]4O)cc3[nH]2)c2c(N)ncnc21. The number of aliphatic hydroxyl groups excluding tert-OH is 1. The van der Waals surface area contributed by atoms with Gasteiger partial charge in [-0.25, -0.2) is 14.6 Å². The second-order valence-corrected chi connectivity index (χ2v) is 7.87. The highest BCUT2D eigenvalue weighted by Crippen LogP contribution is 2.39. The van der Waals surface area contributed by atoms with Crippen LogP contribution in [-0.4, -0.2) is 36.1 Å². The van der Waals surface area contributed by atoms with Crippen LogP contribution in [0.25, 0.3) is 33.3 Å². The first kappa shape index (κ1) is 16.2. The normalized spacial score (nSPS) is 19.9. The number of nitrogens with one attached hydrogen (secondary N) is 1. The lowest BCUT2D eigenvalue weighted by Crippen LogP contribution is -2.23. The van der Waals surface area contributed by atoms with Crippen LogP contribution in [0, 0.1) is 0 Å². The summed E-state index contributed by atoms with van der Waals surface area (Å²) in [6.45, 7) is 6.21. The summed E-state index contributed by atoms with van der Waals surface area (Å²) < 4.78 is 7.03. The molecule has 4 N–H and O–H groups in total. The van der Waals surface area contributed by atoms with Crippen molar-refractivity contribution in [3.63, 3.8) is 0 Å². The Balaban J connectivity index is 1.71. The Labute approximate surface area is 155 Å². The molecule has 8 nitrogen and oxygen atoms in total. The summed E-state index contributed by atoms with van der Waals surface area (Å²) in [7, 11) is 0. The molecule has 4 aromatic rings. The van der Waals surface area contributed by atoms with Gasteiger partial charge in [-0.2, -0.15) is 5.10 Å². The molecule has 0 amide bonds. The number of aromatic nitrogens is 5. The number of nitrogen functional groups attached to an aromatic ring is 1. The molecule has 1 aliphatic heterocycles. The molecule has 1 aromatic carbocycles. The summed E-state index contributed by atoms with van der Waals surface area (Å²) in [6, 6.07) is 7.99. The van der Waals surface area contributed by atoms with E-state index in [9.17, 15) is 5.11 Å². The lowest BCUT2D eigenvalue weighted by Gasteiger charge is -2.19. The zero-order valence-corrected chi connectivity index (χ0v) is 15.3. The Kier molecular flexibility index (Phi) is 3.17. The van der Waals surface area contributed by atoms with E-state index in [4.69, 9.17) is 15.6 Å². The lowest BCUT2D eigenvalue weighted by molar-refractivity contribution is 0.156. The number of aromatic amines is 1. The quantitative estimate of drug-likeness (QED) is 0.471. The molecule has 8 heteroatoms. The van der Waals surface area contributed by atoms with E-state index < -0.39 is 6.29 Å². The van der Waals surface area contributed by atoms with Crippen LogP contribution in [0.2, 0.25) is 0 Å². The van der Waals surface area contributed by atoms with Gasteiger partial charge in [0.1, 0.15) is 23.9 Å². The van der Waals surface area contributed by atoms with Gasteiger partial charge >= 0.3 is 0 Å². The second kappa shape index (κ2) is 5.28. The van der Waals surface area contributed by atoms with Gasteiger partial charge in [0, 0.05) is 10.9 Å². The largest absolute Gasteiger partial charge is 0.383 e. The maximum atomic E-state index is 9.49. The molecule has 0 bridgehead atoms. The highest BCUT2D eigenvalue weighted by atomic mass is 16.7. The van der Waals surface area contributed by atoms with E-state index in [0.29, 0.717) is 11.5 Å². The van der Waals surface area contributed by atoms with Crippen molar-refractivity contribution in [2.75, 3.05) is 5.73 Å². The van der Waals surface area contributed by atoms with E-state index in [2.05, 4.69) is 35.7 Å². The first-order chi connectivity index (χ1) is 12.8. The summed E-state index contributed by atoms with van der Waals surface area (Å²) >= 11 is 0. The molecule has 0 radical (unpaired) electrons. The van der Waals surface area contributed by atoms with E-state index in [0.717, 1.165) is 33.2 Å². The van der Waals surface area contributed by atoms with Gasteiger partial charge in [0.2, 0.25) is 0 Å². The summed E-state index contributed by atoms with van der Waals surface area (Å²) in [5, 5.41) is 16.1. The molecule has 0 aliphatic carbocycles. The Morgan fingerprint density at radius 3 is 2.70 bits per heavy atom. The zero-order chi connectivity index (χ0) is 18.9. The van der Waals surface area contributed by atoms with Crippen LogP contribution in [0.3, 0.4) is 0 Å². The predicted molar refractivity (Wildman–Crippen MR) is 102 cm³/mol. The van der Waals surface area contributed by atoms with Gasteiger partial charge < -0.3 is 20.6 Å². The molecule has 3 aromatic heterocycles. The fraction of sp³-hybridized carbons (Fsp3) is 0.316. The van der Waals surface area contributed by atoms with Gasteiger partial charge in [-0.05, 0) is 38.5 Å². The number of anilines is 1. The van der Waals surface area contributed by atoms with Crippen molar-refractivity contribution in [3.05, 3.63) is 36.2 Å². The van der Waals surface area contributed by atoms with Crippen LogP contribution in [0.5, 0.6) is 0 Å². The molecular formula is C19H20N6O2. The van der Waals surface area contributed by atoms with Gasteiger partial charge in [-0.3, -0.25) is 0 Å². The Morgan fingerprint density at radius 2 is 2.00 bits per heavy atom. The third-order valence-electron chi connectivity index (χ3n) is 4.83. The van der Waals surface area contributed by atoms with Crippen LogP contribution >= 0.6 is 0 Å². The second-order valence-electron chi connectivity index (χ2n) is 7.87. The lowest BCUT2D eigenvalue weighted by atomic mass is 10.1. The number of fused-ring (bicyclic) bond motifs is 2. The third kappa shape index (κ3) is 2.48. The van der Waals surface area contributed by atoms with E-state index in [1.165, 1.54) is 6.33 Å². The molecule has 1 saturated heterocycles.